The van der Waals surface area contributed by atoms with Crippen LogP contribution in [0.1, 0.15) is 12.5 Å². The fourth-order valence-corrected chi connectivity index (χ4v) is 3.27. The number of carbonyl (C=O) groups excluding carboxylic acids is 1. The van der Waals surface area contributed by atoms with E-state index < -0.39 is 0 Å². The van der Waals surface area contributed by atoms with Crippen molar-refractivity contribution in [2.24, 2.45) is 0 Å². The Balaban J connectivity index is 1.43. The van der Waals surface area contributed by atoms with Crippen molar-refractivity contribution in [2.75, 3.05) is 36.4 Å². The Labute approximate surface area is 157 Å². The van der Waals surface area contributed by atoms with Crippen LogP contribution in [0.2, 0.25) is 0 Å². The molecule has 27 heavy (non-hydrogen) atoms. The van der Waals surface area contributed by atoms with Gasteiger partial charge in [0.05, 0.1) is 0 Å². The second-order valence-electron chi connectivity index (χ2n) is 6.55. The number of nitrogens with one attached hydrogen (secondary N) is 1. The average molecular weight is 366 g/mol. The molecule has 0 aliphatic carbocycles. The van der Waals surface area contributed by atoms with Crippen molar-refractivity contribution in [1.29, 1.82) is 0 Å². The van der Waals surface area contributed by atoms with E-state index in [0.717, 1.165) is 22.7 Å². The van der Waals surface area contributed by atoms with Crippen molar-refractivity contribution >= 4 is 28.7 Å². The zero-order chi connectivity index (χ0) is 18.8. The number of aryl methyl sites for hydroxylation is 2. The second kappa shape index (κ2) is 7.18. The highest BCUT2D eigenvalue weighted by molar-refractivity contribution is 5.89. The topological polar surface area (TPSA) is 92.1 Å². The van der Waals surface area contributed by atoms with Crippen LogP contribution in [0.5, 0.6) is 0 Å². The van der Waals surface area contributed by atoms with Crippen molar-refractivity contribution in [3.05, 3.63) is 36.2 Å². The number of benzene rings is 1. The maximum Gasteiger partial charge on any atom is 0.321 e. The molecular weight excluding hydrogens is 344 g/mol. The predicted octanol–water partition coefficient (Wildman–Crippen LogP) is 1.90. The van der Waals surface area contributed by atoms with Crippen LogP contribution >= 0.6 is 0 Å². The van der Waals surface area contributed by atoms with Gasteiger partial charge in [-0.05, 0) is 31.5 Å². The third-order valence-corrected chi connectivity index (χ3v) is 4.72. The van der Waals surface area contributed by atoms with E-state index in [2.05, 4.69) is 30.5 Å². The molecule has 0 spiro atoms. The molecule has 1 aliphatic rings. The number of anilines is 2. The number of nitrogens with zero attached hydrogens (tertiary/aromatic N) is 7. The molecular formula is C18H22N8O. The molecule has 140 valence electrons. The maximum atomic E-state index is 12.5. The van der Waals surface area contributed by atoms with Crippen LogP contribution < -0.4 is 10.2 Å². The van der Waals surface area contributed by atoms with Crippen LogP contribution in [0.25, 0.3) is 11.2 Å². The Kier molecular flexibility index (Phi) is 4.57. The Hall–Kier alpha value is -3.23. The lowest BCUT2D eigenvalue weighted by Gasteiger charge is -2.35. The summed E-state index contributed by atoms with van der Waals surface area (Å²) in [6, 6.07) is 7.72. The van der Waals surface area contributed by atoms with E-state index in [-0.39, 0.29) is 6.03 Å². The molecule has 0 unspecified atom stereocenters. The zero-order valence-corrected chi connectivity index (χ0v) is 15.5. The average Bonchev–Trinajstić information content (AvgIpc) is 3.11. The van der Waals surface area contributed by atoms with E-state index >= 15 is 0 Å². The molecule has 1 saturated heterocycles. The molecule has 3 aromatic rings. The van der Waals surface area contributed by atoms with Gasteiger partial charge in [-0.1, -0.05) is 17.3 Å². The first-order valence-corrected chi connectivity index (χ1v) is 9.07. The Bertz CT molecular complexity index is 961. The summed E-state index contributed by atoms with van der Waals surface area (Å²) < 4.78 is 1.76. The minimum Gasteiger partial charge on any atom is -0.351 e. The van der Waals surface area contributed by atoms with Gasteiger partial charge in [0.1, 0.15) is 6.33 Å². The highest BCUT2D eigenvalue weighted by Crippen LogP contribution is 2.22. The molecule has 4 rings (SSSR count). The van der Waals surface area contributed by atoms with Gasteiger partial charge in [-0.25, -0.2) is 19.4 Å². The minimum atomic E-state index is -0.0787. The summed E-state index contributed by atoms with van der Waals surface area (Å²) in [5.74, 6) is 0.776. The van der Waals surface area contributed by atoms with E-state index in [1.807, 2.05) is 43.0 Å². The highest BCUT2D eigenvalue weighted by atomic mass is 16.2. The fraction of sp³-hybridized carbons (Fsp3) is 0.389. The number of aromatic nitrogens is 5. The van der Waals surface area contributed by atoms with Gasteiger partial charge in [-0.3, -0.25) is 0 Å². The van der Waals surface area contributed by atoms with Gasteiger partial charge in [0, 0.05) is 38.4 Å². The van der Waals surface area contributed by atoms with E-state index in [9.17, 15) is 4.79 Å². The Morgan fingerprint density at radius 3 is 2.74 bits per heavy atom. The number of piperazine rings is 1. The van der Waals surface area contributed by atoms with Gasteiger partial charge < -0.3 is 15.1 Å². The summed E-state index contributed by atoms with van der Waals surface area (Å²) in [6.45, 7) is 7.32. The number of hydrogen-bond donors (Lipinski definition) is 1. The number of hydrogen-bond acceptors (Lipinski definition) is 6. The predicted molar refractivity (Wildman–Crippen MR) is 103 cm³/mol. The first kappa shape index (κ1) is 17.2. The van der Waals surface area contributed by atoms with Crippen molar-refractivity contribution in [3.63, 3.8) is 0 Å². The van der Waals surface area contributed by atoms with Crippen molar-refractivity contribution in [1.82, 2.24) is 29.9 Å². The van der Waals surface area contributed by atoms with Gasteiger partial charge in [0.25, 0.3) is 0 Å². The first-order chi connectivity index (χ1) is 13.2. The Morgan fingerprint density at radius 2 is 2.00 bits per heavy atom. The smallest absolute Gasteiger partial charge is 0.321 e. The summed E-state index contributed by atoms with van der Waals surface area (Å²) in [4.78, 5) is 25.2. The Morgan fingerprint density at radius 1 is 1.19 bits per heavy atom. The third-order valence-electron chi connectivity index (χ3n) is 4.72. The van der Waals surface area contributed by atoms with Gasteiger partial charge in [-0.15, -0.1) is 5.10 Å². The van der Waals surface area contributed by atoms with E-state index in [1.54, 1.807) is 11.0 Å². The lowest BCUT2D eigenvalue weighted by molar-refractivity contribution is 0.208. The molecule has 2 amide bonds. The molecule has 9 nitrogen and oxygen atoms in total. The SMILES string of the molecule is CCn1nnc2c(N3CCN(C(=O)Nc4cccc(C)c4)CC3)ncnc21. The highest BCUT2D eigenvalue weighted by Gasteiger charge is 2.24. The largest absolute Gasteiger partial charge is 0.351 e. The minimum absolute atomic E-state index is 0.0787. The third kappa shape index (κ3) is 3.40. The molecule has 0 bridgehead atoms. The van der Waals surface area contributed by atoms with Crippen LogP contribution in [-0.4, -0.2) is 62.1 Å². The van der Waals surface area contributed by atoms with Crippen molar-refractivity contribution in [2.45, 2.75) is 20.4 Å². The summed E-state index contributed by atoms with van der Waals surface area (Å²) in [5.41, 5.74) is 3.38. The van der Waals surface area contributed by atoms with Gasteiger partial charge in [-0.2, -0.15) is 0 Å². The number of carbonyl (C=O) groups is 1. The van der Waals surface area contributed by atoms with Gasteiger partial charge in [0.15, 0.2) is 17.0 Å². The van der Waals surface area contributed by atoms with Gasteiger partial charge in [0.2, 0.25) is 0 Å². The first-order valence-electron chi connectivity index (χ1n) is 9.07. The number of amides is 2. The summed E-state index contributed by atoms with van der Waals surface area (Å²) in [6.07, 6.45) is 1.55. The van der Waals surface area contributed by atoms with E-state index in [0.29, 0.717) is 38.2 Å². The summed E-state index contributed by atoms with van der Waals surface area (Å²) in [5, 5.41) is 11.3. The van der Waals surface area contributed by atoms with Crippen LogP contribution in [0.15, 0.2) is 30.6 Å². The van der Waals surface area contributed by atoms with Crippen molar-refractivity contribution < 1.29 is 4.79 Å². The number of rotatable bonds is 3. The molecule has 0 saturated carbocycles. The lowest BCUT2D eigenvalue weighted by Crippen LogP contribution is -2.50. The molecule has 0 radical (unpaired) electrons. The molecule has 9 heteroatoms. The normalized spacial score (nSPS) is 14.6. The van der Waals surface area contributed by atoms with E-state index in [1.165, 1.54) is 0 Å². The summed E-state index contributed by atoms with van der Waals surface area (Å²) in [7, 11) is 0. The maximum absolute atomic E-state index is 12.5. The number of fused-ring (bicyclic) bond motifs is 1. The van der Waals surface area contributed by atoms with E-state index in [4.69, 9.17) is 0 Å². The van der Waals surface area contributed by atoms with Crippen molar-refractivity contribution in [3.8, 4) is 0 Å². The van der Waals surface area contributed by atoms with Crippen LogP contribution in [0.4, 0.5) is 16.3 Å². The molecule has 2 aromatic heterocycles. The number of urea groups is 1. The molecule has 1 aromatic carbocycles. The fourth-order valence-electron chi connectivity index (χ4n) is 3.27. The second-order valence-corrected chi connectivity index (χ2v) is 6.55. The summed E-state index contributed by atoms with van der Waals surface area (Å²) >= 11 is 0. The molecule has 1 fully saturated rings. The zero-order valence-electron chi connectivity index (χ0n) is 15.5. The standard InChI is InChI=1S/C18H22N8O/c1-3-26-17-15(22-23-26)16(19-12-20-17)24-7-9-25(10-8-24)18(27)21-14-6-4-5-13(2)11-14/h4-6,11-12H,3,7-10H2,1-2H3,(H,21,27). The monoisotopic (exact) mass is 366 g/mol. The molecule has 1 aliphatic heterocycles. The molecule has 1 N–H and O–H groups in total. The molecule has 0 atom stereocenters. The van der Waals surface area contributed by atoms with Crippen LogP contribution in [0.3, 0.4) is 0 Å². The van der Waals surface area contributed by atoms with Crippen LogP contribution in [-0.2, 0) is 6.54 Å². The van der Waals surface area contributed by atoms with Crippen LogP contribution in [0, 0.1) is 6.92 Å². The molecule has 3 heterocycles. The quantitative estimate of drug-likeness (QED) is 0.761. The lowest BCUT2D eigenvalue weighted by atomic mass is 10.2. The van der Waals surface area contributed by atoms with Gasteiger partial charge >= 0.3 is 6.03 Å².